The Bertz CT molecular complexity index is 478. The average molecular weight is 278 g/mol. The van der Waals surface area contributed by atoms with E-state index in [1.807, 2.05) is 6.92 Å². The fraction of sp³-hybridized carbons (Fsp3) is 0.714. The molecule has 0 aromatic carbocycles. The maximum Gasteiger partial charge on any atom is 0.303 e. The monoisotopic (exact) mass is 278 g/mol. The van der Waals surface area contributed by atoms with E-state index in [1.54, 1.807) is 0 Å². The van der Waals surface area contributed by atoms with Gasteiger partial charge in [0.15, 0.2) is 0 Å². The Balaban J connectivity index is 2.12. The lowest BCUT2D eigenvalue weighted by Crippen LogP contribution is -2.37. The molecule has 1 aliphatic rings. The number of nitrogens with zero attached hydrogens (tertiary/aromatic N) is 4. The van der Waals surface area contributed by atoms with Crippen molar-refractivity contribution in [2.45, 2.75) is 46.0 Å². The second kappa shape index (κ2) is 6.63. The van der Waals surface area contributed by atoms with E-state index in [9.17, 15) is 4.79 Å². The zero-order valence-electron chi connectivity index (χ0n) is 12.2. The molecule has 1 unspecified atom stereocenters. The van der Waals surface area contributed by atoms with Gasteiger partial charge >= 0.3 is 5.97 Å². The van der Waals surface area contributed by atoms with Gasteiger partial charge in [-0.3, -0.25) is 4.79 Å². The fourth-order valence-electron chi connectivity index (χ4n) is 2.72. The fourth-order valence-corrected chi connectivity index (χ4v) is 2.72. The molecular formula is C14H22N4O2. The van der Waals surface area contributed by atoms with Crippen LogP contribution in [0.3, 0.4) is 0 Å². The predicted octanol–water partition coefficient (Wildman–Crippen LogP) is 1.69. The van der Waals surface area contributed by atoms with Gasteiger partial charge < -0.3 is 10.0 Å². The van der Waals surface area contributed by atoms with Gasteiger partial charge in [-0.25, -0.2) is 4.98 Å². The van der Waals surface area contributed by atoms with Gasteiger partial charge in [0, 0.05) is 19.5 Å². The SMILES string of the molecule is CCc1nnc(N2CCCC(CC(=O)O)C2)nc1CC. The Hall–Kier alpha value is -1.72. The van der Waals surface area contributed by atoms with Gasteiger partial charge in [-0.05, 0) is 31.6 Å². The number of aliphatic carboxylic acids is 1. The highest BCUT2D eigenvalue weighted by atomic mass is 16.4. The van der Waals surface area contributed by atoms with Crippen molar-refractivity contribution in [3.05, 3.63) is 11.4 Å². The third kappa shape index (κ3) is 3.43. The lowest BCUT2D eigenvalue weighted by atomic mass is 9.95. The van der Waals surface area contributed by atoms with Gasteiger partial charge in [0.05, 0.1) is 11.4 Å². The molecule has 0 radical (unpaired) electrons. The van der Waals surface area contributed by atoms with Crippen LogP contribution in [0.5, 0.6) is 0 Å². The summed E-state index contributed by atoms with van der Waals surface area (Å²) in [6.07, 6.45) is 3.85. The van der Waals surface area contributed by atoms with Crippen LogP contribution in [0.2, 0.25) is 0 Å². The van der Waals surface area contributed by atoms with E-state index in [1.165, 1.54) is 0 Å². The minimum Gasteiger partial charge on any atom is -0.481 e. The van der Waals surface area contributed by atoms with Crippen LogP contribution < -0.4 is 4.90 Å². The van der Waals surface area contributed by atoms with Crippen molar-refractivity contribution in [3.63, 3.8) is 0 Å². The Morgan fingerprint density at radius 1 is 1.30 bits per heavy atom. The summed E-state index contributed by atoms with van der Waals surface area (Å²) in [7, 11) is 0. The first-order chi connectivity index (χ1) is 9.63. The molecule has 1 aromatic heterocycles. The smallest absolute Gasteiger partial charge is 0.303 e. The van der Waals surface area contributed by atoms with E-state index in [0.29, 0.717) is 12.5 Å². The zero-order valence-corrected chi connectivity index (χ0v) is 12.2. The number of aromatic nitrogens is 3. The number of aryl methyl sites for hydroxylation is 2. The molecule has 0 spiro atoms. The van der Waals surface area contributed by atoms with E-state index < -0.39 is 5.97 Å². The van der Waals surface area contributed by atoms with E-state index in [0.717, 1.165) is 43.6 Å². The van der Waals surface area contributed by atoms with Crippen molar-refractivity contribution in [3.8, 4) is 0 Å². The Kier molecular flexibility index (Phi) is 4.87. The summed E-state index contributed by atoms with van der Waals surface area (Å²) in [5, 5.41) is 17.4. The topological polar surface area (TPSA) is 79.2 Å². The summed E-state index contributed by atoms with van der Waals surface area (Å²) in [6, 6.07) is 0. The summed E-state index contributed by atoms with van der Waals surface area (Å²) >= 11 is 0. The van der Waals surface area contributed by atoms with Crippen LogP contribution in [0.4, 0.5) is 5.95 Å². The van der Waals surface area contributed by atoms with E-state index >= 15 is 0 Å². The minimum absolute atomic E-state index is 0.181. The highest BCUT2D eigenvalue weighted by molar-refractivity contribution is 5.67. The molecule has 6 nitrogen and oxygen atoms in total. The van der Waals surface area contributed by atoms with Crippen LogP contribution >= 0.6 is 0 Å². The molecule has 0 saturated carbocycles. The number of hydrogen-bond donors (Lipinski definition) is 1. The highest BCUT2D eigenvalue weighted by Gasteiger charge is 2.24. The predicted molar refractivity (Wildman–Crippen MR) is 75.8 cm³/mol. The third-order valence-electron chi connectivity index (χ3n) is 3.76. The Morgan fingerprint density at radius 2 is 2.05 bits per heavy atom. The second-order valence-electron chi connectivity index (χ2n) is 5.26. The second-order valence-corrected chi connectivity index (χ2v) is 5.26. The van der Waals surface area contributed by atoms with Crippen molar-refractivity contribution >= 4 is 11.9 Å². The van der Waals surface area contributed by atoms with Crippen molar-refractivity contribution in [2.75, 3.05) is 18.0 Å². The van der Waals surface area contributed by atoms with Gasteiger partial charge in [-0.15, -0.1) is 5.10 Å². The number of rotatable bonds is 5. The lowest BCUT2D eigenvalue weighted by molar-refractivity contribution is -0.138. The number of carboxylic acid groups (broad SMARTS) is 1. The molecule has 1 aromatic rings. The van der Waals surface area contributed by atoms with Crippen LogP contribution in [-0.2, 0) is 17.6 Å². The first-order valence-corrected chi connectivity index (χ1v) is 7.33. The van der Waals surface area contributed by atoms with Crippen molar-refractivity contribution < 1.29 is 9.90 Å². The van der Waals surface area contributed by atoms with Gasteiger partial charge in [0.1, 0.15) is 0 Å². The normalized spacial score (nSPS) is 19.1. The molecule has 2 heterocycles. The average Bonchev–Trinajstić information content (AvgIpc) is 2.46. The minimum atomic E-state index is -0.730. The molecule has 0 aliphatic carbocycles. The van der Waals surface area contributed by atoms with Crippen LogP contribution in [0.25, 0.3) is 0 Å². The quantitative estimate of drug-likeness (QED) is 0.883. The molecule has 2 rings (SSSR count). The van der Waals surface area contributed by atoms with Crippen LogP contribution in [0, 0.1) is 5.92 Å². The van der Waals surface area contributed by atoms with Gasteiger partial charge in [-0.2, -0.15) is 5.10 Å². The summed E-state index contributed by atoms with van der Waals surface area (Å²) in [5.74, 6) is 0.0985. The first-order valence-electron chi connectivity index (χ1n) is 7.33. The van der Waals surface area contributed by atoms with Crippen LogP contribution in [-0.4, -0.2) is 39.3 Å². The maximum absolute atomic E-state index is 10.8. The molecule has 110 valence electrons. The standard InChI is InChI=1S/C14H22N4O2/c1-3-11-12(4-2)16-17-14(15-11)18-7-5-6-10(9-18)8-13(19)20/h10H,3-9H2,1-2H3,(H,19,20). The van der Waals surface area contributed by atoms with Gasteiger partial charge in [-0.1, -0.05) is 13.8 Å². The zero-order chi connectivity index (χ0) is 14.5. The van der Waals surface area contributed by atoms with Gasteiger partial charge in [0.25, 0.3) is 0 Å². The lowest BCUT2D eigenvalue weighted by Gasteiger charge is -2.32. The molecule has 1 fully saturated rings. The van der Waals surface area contributed by atoms with Gasteiger partial charge in [0.2, 0.25) is 5.95 Å². The molecular weight excluding hydrogens is 256 g/mol. The Labute approximate surface area is 119 Å². The van der Waals surface area contributed by atoms with Crippen molar-refractivity contribution in [2.24, 2.45) is 5.92 Å². The maximum atomic E-state index is 10.8. The number of carboxylic acids is 1. The molecule has 1 atom stereocenters. The first kappa shape index (κ1) is 14.7. The molecule has 0 bridgehead atoms. The largest absolute Gasteiger partial charge is 0.481 e. The number of hydrogen-bond acceptors (Lipinski definition) is 5. The molecule has 1 aliphatic heterocycles. The summed E-state index contributed by atoms with van der Waals surface area (Å²) in [6.45, 7) is 5.71. The van der Waals surface area contributed by atoms with E-state index in [2.05, 4.69) is 27.0 Å². The van der Waals surface area contributed by atoms with Crippen LogP contribution in [0.15, 0.2) is 0 Å². The molecule has 1 saturated heterocycles. The molecule has 1 N–H and O–H groups in total. The molecule has 0 amide bonds. The van der Waals surface area contributed by atoms with Crippen molar-refractivity contribution in [1.82, 2.24) is 15.2 Å². The Morgan fingerprint density at radius 3 is 2.70 bits per heavy atom. The summed E-state index contributed by atoms with van der Waals surface area (Å²) < 4.78 is 0. The number of anilines is 1. The van der Waals surface area contributed by atoms with Crippen molar-refractivity contribution in [1.29, 1.82) is 0 Å². The summed E-state index contributed by atoms with van der Waals surface area (Å²) in [5.41, 5.74) is 1.95. The van der Waals surface area contributed by atoms with E-state index in [4.69, 9.17) is 5.11 Å². The van der Waals surface area contributed by atoms with Crippen LogP contribution in [0.1, 0.15) is 44.5 Å². The number of carbonyl (C=O) groups is 1. The molecule has 20 heavy (non-hydrogen) atoms. The van der Waals surface area contributed by atoms with E-state index in [-0.39, 0.29) is 12.3 Å². The third-order valence-corrected chi connectivity index (χ3v) is 3.76. The highest BCUT2D eigenvalue weighted by Crippen LogP contribution is 2.23. The molecule has 6 heteroatoms. The summed E-state index contributed by atoms with van der Waals surface area (Å²) in [4.78, 5) is 17.5. The number of piperidine rings is 1.